The Morgan fingerprint density at radius 2 is 2.19 bits per heavy atom. The first-order valence-corrected chi connectivity index (χ1v) is 5.17. The fourth-order valence-electron chi connectivity index (χ4n) is 1.89. The average Bonchev–Trinajstić information content (AvgIpc) is 2.57. The summed E-state index contributed by atoms with van der Waals surface area (Å²) in [5, 5.41) is 12.8. The van der Waals surface area contributed by atoms with Gasteiger partial charge in [0, 0.05) is 12.4 Å². The van der Waals surface area contributed by atoms with Gasteiger partial charge in [-0.05, 0) is 13.0 Å². The summed E-state index contributed by atoms with van der Waals surface area (Å²) in [6.07, 6.45) is 1.41. The van der Waals surface area contributed by atoms with Crippen LogP contribution < -0.4 is 4.74 Å². The fourth-order valence-corrected chi connectivity index (χ4v) is 1.89. The molecule has 1 N–H and O–H groups in total. The number of aryl methyl sites for hydroxylation is 1. The number of aromatic nitrogens is 1. The number of nitrogens with zero attached hydrogens (tertiary/aromatic N) is 2. The molecule has 1 aromatic heterocycles. The summed E-state index contributed by atoms with van der Waals surface area (Å²) < 4.78 is 7.52. The minimum absolute atomic E-state index is 0.580. The van der Waals surface area contributed by atoms with Crippen LogP contribution in [0.4, 0.5) is 0 Å². The van der Waals surface area contributed by atoms with Crippen LogP contribution in [0, 0.1) is 0 Å². The van der Waals surface area contributed by atoms with Gasteiger partial charge in [0.25, 0.3) is 0 Å². The highest BCUT2D eigenvalue weighted by Crippen LogP contribution is 2.29. The Balaban J connectivity index is 2.75. The molecule has 0 amide bonds. The third-order valence-corrected chi connectivity index (χ3v) is 2.56. The van der Waals surface area contributed by atoms with Crippen LogP contribution in [0.2, 0.25) is 0 Å². The summed E-state index contributed by atoms with van der Waals surface area (Å²) in [6.45, 7) is 2.51. The molecule has 84 valence electrons. The van der Waals surface area contributed by atoms with Crippen molar-refractivity contribution < 1.29 is 9.94 Å². The summed E-state index contributed by atoms with van der Waals surface area (Å²) in [5.74, 6) is 0.724. The number of benzene rings is 1. The molecule has 1 aromatic carbocycles. The standard InChI is InChI=1S/C12H14N2O2/c1-3-16-12-10(8-13-15)9-6-4-5-7-11(9)14(12)2/h4-8,15H,3H2,1-2H3. The summed E-state index contributed by atoms with van der Waals surface area (Å²) in [5.41, 5.74) is 1.86. The Bertz CT molecular complexity index is 529. The Hall–Kier alpha value is -1.97. The molecule has 0 aliphatic carbocycles. The maximum absolute atomic E-state index is 8.69. The quantitative estimate of drug-likeness (QED) is 0.488. The van der Waals surface area contributed by atoms with Crippen molar-refractivity contribution in [1.29, 1.82) is 0 Å². The highest BCUT2D eigenvalue weighted by molar-refractivity contribution is 6.02. The van der Waals surface area contributed by atoms with Crippen molar-refractivity contribution in [2.24, 2.45) is 12.2 Å². The van der Waals surface area contributed by atoms with E-state index in [0.717, 1.165) is 22.3 Å². The molecule has 0 spiro atoms. The lowest BCUT2D eigenvalue weighted by molar-refractivity contribution is 0.313. The van der Waals surface area contributed by atoms with E-state index in [1.807, 2.05) is 42.8 Å². The lowest BCUT2D eigenvalue weighted by Crippen LogP contribution is -2.00. The SMILES string of the molecule is CCOc1c(C=NO)c2ccccc2n1C. The zero-order valence-electron chi connectivity index (χ0n) is 9.34. The van der Waals surface area contributed by atoms with E-state index in [0.29, 0.717) is 6.61 Å². The number of hydrogen-bond acceptors (Lipinski definition) is 3. The van der Waals surface area contributed by atoms with Crippen molar-refractivity contribution in [3.63, 3.8) is 0 Å². The largest absolute Gasteiger partial charge is 0.479 e. The van der Waals surface area contributed by atoms with Gasteiger partial charge in [-0.25, -0.2) is 0 Å². The Morgan fingerprint density at radius 3 is 2.88 bits per heavy atom. The predicted octanol–water partition coefficient (Wildman–Crippen LogP) is 2.39. The molecule has 0 unspecified atom stereocenters. The van der Waals surface area contributed by atoms with E-state index in [9.17, 15) is 0 Å². The van der Waals surface area contributed by atoms with E-state index in [1.54, 1.807) is 0 Å². The van der Waals surface area contributed by atoms with Crippen LogP contribution >= 0.6 is 0 Å². The number of oxime groups is 1. The minimum Gasteiger partial charge on any atom is -0.479 e. The number of para-hydroxylation sites is 1. The van der Waals surface area contributed by atoms with Crippen LogP contribution in [0.25, 0.3) is 10.9 Å². The number of hydrogen-bond donors (Lipinski definition) is 1. The first-order valence-electron chi connectivity index (χ1n) is 5.17. The van der Waals surface area contributed by atoms with E-state index >= 15 is 0 Å². The highest BCUT2D eigenvalue weighted by atomic mass is 16.5. The maximum Gasteiger partial charge on any atom is 0.203 e. The topological polar surface area (TPSA) is 46.8 Å². The molecular formula is C12H14N2O2. The second-order valence-corrected chi connectivity index (χ2v) is 3.47. The molecule has 0 fully saturated rings. The van der Waals surface area contributed by atoms with Gasteiger partial charge in [-0.2, -0.15) is 0 Å². The molecule has 0 saturated heterocycles. The smallest absolute Gasteiger partial charge is 0.203 e. The van der Waals surface area contributed by atoms with Crippen LogP contribution in [0.3, 0.4) is 0 Å². The number of fused-ring (bicyclic) bond motifs is 1. The van der Waals surface area contributed by atoms with Crippen molar-refractivity contribution in [1.82, 2.24) is 4.57 Å². The lowest BCUT2D eigenvalue weighted by atomic mass is 10.2. The third kappa shape index (κ3) is 1.52. The second kappa shape index (κ2) is 4.26. The van der Waals surface area contributed by atoms with Gasteiger partial charge in [0.15, 0.2) is 0 Å². The molecule has 0 aliphatic rings. The van der Waals surface area contributed by atoms with Gasteiger partial charge in [-0.1, -0.05) is 23.4 Å². The van der Waals surface area contributed by atoms with Crippen molar-refractivity contribution in [3.8, 4) is 5.88 Å². The normalized spacial score (nSPS) is 11.4. The zero-order chi connectivity index (χ0) is 11.5. The van der Waals surface area contributed by atoms with E-state index in [2.05, 4.69) is 5.16 Å². The molecule has 0 aliphatic heterocycles. The maximum atomic E-state index is 8.69. The van der Waals surface area contributed by atoms with E-state index in [4.69, 9.17) is 9.94 Å². The van der Waals surface area contributed by atoms with Crippen LogP contribution in [0.15, 0.2) is 29.4 Å². The van der Waals surface area contributed by atoms with E-state index in [1.165, 1.54) is 6.21 Å². The molecule has 0 bridgehead atoms. The highest BCUT2D eigenvalue weighted by Gasteiger charge is 2.14. The summed E-state index contributed by atoms with van der Waals surface area (Å²) in [4.78, 5) is 0. The average molecular weight is 218 g/mol. The Kier molecular flexibility index (Phi) is 2.81. The van der Waals surface area contributed by atoms with Crippen molar-refractivity contribution in [3.05, 3.63) is 29.8 Å². The summed E-state index contributed by atoms with van der Waals surface area (Å²) in [7, 11) is 1.93. The molecule has 1 heterocycles. The van der Waals surface area contributed by atoms with Crippen LogP contribution in [-0.4, -0.2) is 22.6 Å². The monoisotopic (exact) mass is 218 g/mol. The van der Waals surface area contributed by atoms with Crippen molar-refractivity contribution in [2.45, 2.75) is 6.92 Å². The number of ether oxygens (including phenoxy) is 1. The zero-order valence-corrected chi connectivity index (χ0v) is 9.34. The Morgan fingerprint density at radius 1 is 1.44 bits per heavy atom. The van der Waals surface area contributed by atoms with Crippen molar-refractivity contribution in [2.75, 3.05) is 6.61 Å². The second-order valence-electron chi connectivity index (χ2n) is 3.47. The molecule has 0 atom stereocenters. The van der Waals surface area contributed by atoms with Crippen LogP contribution in [-0.2, 0) is 7.05 Å². The molecule has 0 radical (unpaired) electrons. The van der Waals surface area contributed by atoms with E-state index < -0.39 is 0 Å². The Labute approximate surface area is 93.7 Å². The van der Waals surface area contributed by atoms with Crippen LogP contribution in [0.5, 0.6) is 5.88 Å². The minimum atomic E-state index is 0.580. The molecule has 4 heteroatoms. The fraction of sp³-hybridized carbons (Fsp3) is 0.250. The molecule has 0 saturated carbocycles. The number of rotatable bonds is 3. The van der Waals surface area contributed by atoms with Gasteiger partial charge in [-0.15, -0.1) is 0 Å². The van der Waals surface area contributed by atoms with Gasteiger partial charge >= 0.3 is 0 Å². The predicted molar refractivity (Wildman–Crippen MR) is 63.5 cm³/mol. The summed E-state index contributed by atoms with van der Waals surface area (Å²) in [6, 6.07) is 7.91. The lowest BCUT2D eigenvalue weighted by Gasteiger charge is -2.05. The molecule has 4 nitrogen and oxygen atoms in total. The molecule has 2 aromatic rings. The first-order chi connectivity index (χ1) is 7.79. The van der Waals surface area contributed by atoms with Gasteiger partial charge in [-0.3, -0.25) is 0 Å². The first kappa shape index (κ1) is 10.5. The molecule has 2 rings (SSSR count). The molecular weight excluding hydrogens is 204 g/mol. The van der Waals surface area contributed by atoms with Crippen LogP contribution in [0.1, 0.15) is 12.5 Å². The van der Waals surface area contributed by atoms with E-state index in [-0.39, 0.29) is 0 Å². The van der Waals surface area contributed by atoms with Gasteiger partial charge in [0.05, 0.1) is 23.9 Å². The van der Waals surface area contributed by atoms with Crippen molar-refractivity contribution >= 4 is 17.1 Å². The van der Waals surface area contributed by atoms with Gasteiger partial charge in [0.2, 0.25) is 5.88 Å². The molecule has 16 heavy (non-hydrogen) atoms. The third-order valence-electron chi connectivity index (χ3n) is 2.56. The van der Waals surface area contributed by atoms with Gasteiger partial charge in [0.1, 0.15) is 0 Å². The van der Waals surface area contributed by atoms with Gasteiger partial charge < -0.3 is 14.5 Å². The summed E-state index contributed by atoms with van der Waals surface area (Å²) >= 11 is 0.